The zero-order chi connectivity index (χ0) is 11.3. The first kappa shape index (κ1) is 12.4. The second kappa shape index (κ2) is 5.43. The second-order valence-corrected chi connectivity index (χ2v) is 4.04. The highest BCUT2D eigenvalue weighted by atomic mass is 32.1. The monoisotopic (exact) mass is 240 g/mol. The van der Waals surface area contributed by atoms with Gasteiger partial charge in [-0.3, -0.25) is 0 Å². The van der Waals surface area contributed by atoms with Crippen LogP contribution in [-0.4, -0.2) is 24.4 Å². The molecule has 0 aromatic carbocycles. The molecule has 2 N–H and O–H groups in total. The number of halogens is 3. The second-order valence-electron chi connectivity index (χ2n) is 2.84. The molecular weight excluding hydrogens is 229 g/mol. The van der Waals surface area contributed by atoms with Crippen molar-refractivity contribution >= 4 is 11.3 Å². The molecule has 0 bridgehead atoms. The van der Waals surface area contributed by atoms with Gasteiger partial charge in [-0.2, -0.15) is 13.2 Å². The van der Waals surface area contributed by atoms with E-state index in [4.69, 9.17) is 5.73 Å². The summed E-state index contributed by atoms with van der Waals surface area (Å²) in [5, 5.41) is 0.748. The minimum atomic E-state index is -4.26. The number of rotatable bonds is 5. The molecule has 0 radical (unpaired) electrons. The van der Waals surface area contributed by atoms with E-state index in [-0.39, 0.29) is 6.61 Å². The Balaban J connectivity index is 2.20. The first-order valence-corrected chi connectivity index (χ1v) is 5.11. The lowest BCUT2D eigenvalue weighted by atomic mass is 10.5. The maximum Gasteiger partial charge on any atom is 0.411 e. The van der Waals surface area contributed by atoms with Crippen LogP contribution in [0.2, 0.25) is 0 Å². The highest BCUT2D eigenvalue weighted by Gasteiger charge is 2.27. The van der Waals surface area contributed by atoms with Crippen molar-refractivity contribution in [3.05, 3.63) is 16.1 Å². The van der Waals surface area contributed by atoms with Crippen molar-refractivity contribution in [3.63, 3.8) is 0 Å². The Bertz CT molecular complexity index is 300. The molecule has 0 saturated heterocycles. The van der Waals surface area contributed by atoms with Crippen molar-refractivity contribution < 1.29 is 17.9 Å². The highest BCUT2D eigenvalue weighted by Crippen LogP contribution is 2.16. The highest BCUT2D eigenvalue weighted by molar-refractivity contribution is 7.11. The molecule has 0 spiro atoms. The van der Waals surface area contributed by atoms with E-state index in [1.54, 1.807) is 6.20 Å². The average molecular weight is 240 g/mol. The lowest BCUT2D eigenvalue weighted by Crippen LogP contribution is -2.17. The molecular formula is C8H11F3N2OS. The third-order valence-corrected chi connectivity index (χ3v) is 2.61. The van der Waals surface area contributed by atoms with Gasteiger partial charge in [0.15, 0.2) is 0 Å². The molecule has 7 heteroatoms. The Labute approximate surface area is 89.1 Å². The summed E-state index contributed by atoms with van der Waals surface area (Å²) >= 11 is 1.39. The van der Waals surface area contributed by atoms with Crippen LogP contribution in [0.1, 0.15) is 9.88 Å². The summed E-state index contributed by atoms with van der Waals surface area (Å²) in [5.74, 6) is 0. The zero-order valence-corrected chi connectivity index (χ0v) is 8.70. The molecule has 1 aromatic heterocycles. The quantitative estimate of drug-likeness (QED) is 0.797. The minimum absolute atomic E-state index is 0.0248. The van der Waals surface area contributed by atoms with Gasteiger partial charge in [-0.25, -0.2) is 4.98 Å². The molecule has 0 fully saturated rings. The van der Waals surface area contributed by atoms with Gasteiger partial charge in [0, 0.05) is 24.0 Å². The number of ether oxygens (including phenoxy) is 1. The van der Waals surface area contributed by atoms with E-state index in [1.165, 1.54) is 11.3 Å². The molecule has 1 rings (SSSR count). The van der Waals surface area contributed by atoms with Gasteiger partial charge >= 0.3 is 6.18 Å². The zero-order valence-electron chi connectivity index (χ0n) is 7.88. The van der Waals surface area contributed by atoms with E-state index < -0.39 is 12.8 Å². The Morgan fingerprint density at radius 2 is 2.20 bits per heavy atom. The van der Waals surface area contributed by atoms with Gasteiger partial charge in [-0.1, -0.05) is 0 Å². The topological polar surface area (TPSA) is 48.1 Å². The maximum absolute atomic E-state index is 11.7. The number of nitrogens with zero attached hydrogens (tertiary/aromatic N) is 1. The lowest BCUT2D eigenvalue weighted by Gasteiger charge is -2.05. The van der Waals surface area contributed by atoms with Crippen molar-refractivity contribution in [1.29, 1.82) is 0 Å². The predicted molar refractivity (Wildman–Crippen MR) is 50.6 cm³/mol. The van der Waals surface area contributed by atoms with Crippen molar-refractivity contribution in [3.8, 4) is 0 Å². The van der Waals surface area contributed by atoms with Gasteiger partial charge in [0.1, 0.15) is 6.61 Å². The Hall–Kier alpha value is -0.660. The molecule has 0 aliphatic heterocycles. The summed E-state index contributed by atoms with van der Waals surface area (Å²) in [4.78, 5) is 4.92. The smallest absolute Gasteiger partial charge is 0.372 e. The van der Waals surface area contributed by atoms with E-state index >= 15 is 0 Å². The molecule has 0 aliphatic rings. The normalized spacial score (nSPS) is 12.0. The maximum atomic E-state index is 11.7. The summed E-state index contributed by atoms with van der Waals surface area (Å²) in [5.41, 5.74) is 5.37. The standard InChI is InChI=1S/C8H11F3N2OS/c9-8(10,11)5-14-2-1-7-13-4-6(3-12)15-7/h4H,1-3,5,12H2. The van der Waals surface area contributed by atoms with E-state index in [1.807, 2.05) is 0 Å². The molecule has 0 unspecified atom stereocenters. The van der Waals surface area contributed by atoms with Crippen LogP contribution in [0.5, 0.6) is 0 Å². The number of alkyl halides is 3. The van der Waals surface area contributed by atoms with Crippen LogP contribution in [-0.2, 0) is 17.7 Å². The number of hydrogen-bond donors (Lipinski definition) is 1. The van der Waals surface area contributed by atoms with Crippen LogP contribution in [0.4, 0.5) is 13.2 Å². The molecule has 0 atom stereocenters. The fourth-order valence-electron chi connectivity index (χ4n) is 0.905. The van der Waals surface area contributed by atoms with Gasteiger partial charge < -0.3 is 10.5 Å². The van der Waals surface area contributed by atoms with Crippen molar-refractivity contribution in [2.24, 2.45) is 5.73 Å². The van der Waals surface area contributed by atoms with Gasteiger partial charge in [0.05, 0.1) is 11.6 Å². The fourth-order valence-corrected chi connectivity index (χ4v) is 1.69. The van der Waals surface area contributed by atoms with Crippen molar-refractivity contribution in [2.45, 2.75) is 19.1 Å². The van der Waals surface area contributed by atoms with Crippen LogP contribution < -0.4 is 5.73 Å². The first-order chi connectivity index (χ1) is 7.01. The third-order valence-electron chi connectivity index (χ3n) is 1.53. The summed E-state index contributed by atoms with van der Waals surface area (Å²) in [7, 11) is 0. The van der Waals surface area contributed by atoms with Gasteiger partial charge in [0.25, 0.3) is 0 Å². The van der Waals surface area contributed by atoms with Crippen LogP contribution in [0.3, 0.4) is 0 Å². The molecule has 15 heavy (non-hydrogen) atoms. The van der Waals surface area contributed by atoms with Crippen molar-refractivity contribution in [2.75, 3.05) is 13.2 Å². The molecule has 0 aliphatic carbocycles. The minimum Gasteiger partial charge on any atom is -0.372 e. The average Bonchev–Trinajstić information content (AvgIpc) is 2.59. The van der Waals surface area contributed by atoms with E-state index in [2.05, 4.69) is 9.72 Å². The SMILES string of the molecule is NCc1cnc(CCOCC(F)(F)F)s1. The fraction of sp³-hybridized carbons (Fsp3) is 0.625. The number of thiazole rings is 1. The summed E-state index contributed by atoms with van der Waals surface area (Å²) in [6, 6.07) is 0. The van der Waals surface area contributed by atoms with Gasteiger partial charge in [0.2, 0.25) is 0 Å². The van der Waals surface area contributed by atoms with E-state index in [0.717, 1.165) is 9.88 Å². The first-order valence-electron chi connectivity index (χ1n) is 4.29. The summed E-state index contributed by atoms with van der Waals surface area (Å²) < 4.78 is 39.5. The van der Waals surface area contributed by atoms with Crippen LogP contribution >= 0.6 is 11.3 Å². The van der Waals surface area contributed by atoms with Crippen LogP contribution in [0, 0.1) is 0 Å². The largest absolute Gasteiger partial charge is 0.411 e. The number of nitrogens with two attached hydrogens (primary N) is 1. The molecule has 1 heterocycles. The predicted octanol–water partition coefficient (Wildman–Crippen LogP) is 1.72. The summed E-state index contributed by atoms with van der Waals surface area (Å²) in [6.45, 7) is -0.778. The summed E-state index contributed by atoms with van der Waals surface area (Å²) in [6.07, 6.45) is -2.24. The van der Waals surface area contributed by atoms with E-state index in [0.29, 0.717) is 13.0 Å². The molecule has 3 nitrogen and oxygen atoms in total. The van der Waals surface area contributed by atoms with E-state index in [9.17, 15) is 13.2 Å². The Morgan fingerprint density at radius 3 is 2.73 bits per heavy atom. The van der Waals surface area contributed by atoms with Crippen LogP contribution in [0.25, 0.3) is 0 Å². The van der Waals surface area contributed by atoms with Crippen molar-refractivity contribution in [1.82, 2.24) is 4.98 Å². The molecule has 86 valence electrons. The number of aromatic nitrogens is 1. The third kappa shape index (κ3) is 5.10. The van der Waals surface area contributed by atoms with Crippen LogP contribution in [0.15, 0.2) is 6.20 Å². The molecule has 0 amide bonds. The molecule has 0 saturated carbocycles. The lowest BCUT2D eigenvalue weighted by molar-refractivity contribution is -0.173. The molecule has 1 aromatic rings. The Kier molecular flexibility index (Phi) is 4.49. The van der Waals surface area contributed by atoms with Gasteiger partial charge in [-0.05, 0) is 0 Å². The number of hydrogen-bond acceptors (Lipinski definition) is 4. The Morgan fingerprint density at radius 1 is 1.47 bits per heavy atom. The van der Waals surface area contributed by atoms with Gasteiger partial charge in [-0.15, -0.1) is 11.3 Å².